The van der Waals surface area contributed by atoms with Crippen molar-refractivity contribution in [3.8, 4) is 22.6 Å². The summed E-state index contributed by atoms with van der Waals surface area (Å²) < 4.78 is 13.3. The van der Waals surface area contributed by atoms with E-state index in [0.29, 0.717) is 22.6 Å². The van der Waals surface area contributed by atoms with E-state index in [1.54, 1.807) is 30.5 Å². The van der Waals surface area contributed by atoms with Crippen molar-refractivity contribution in [1.82, 2.24) is 5.32 Å². The van der Waals surface area contributed by atoms with Gasteiger partial charge in [-0.15, -0.1) is 11.3 Å². The highest BCUT2D eigenvalue weighted by Crippen LogP contribution is 2.39. The smallest absolute Gasteiger partial charge is 0.341 e. The van der Waals surface area contributed by atoms with E-state index in [9.17, 15) is 14.4 Å². The molecule has 0 atom stereocenters. The number of hydrogen-bond acceptors (Lipinski definition) is 7. The van der Waals surface area contributed by atoms with Crippen molar-refractivity contribution >= 4 is 69.0 Å². The second-order valence-corrected chi connectivity index (χ2v) is 8.71. The maximum absolute atomic E-state index is 12.6. The average molecular weight is 496 g/mol. The average Bonchev–Trinajstić information content (AvgIpc) is 3.10. The molecule has 1 aromatic carbocycles. The summed E-state index contributed by atoms with van der Waals surface area (Å²) in [5.41, 5.74) is 1.21. The predicted octanol–water partition coefficient (Wildman–Crippen LogP) is 4.63. The van der Waals surface area contributed by atoms with Crippen LogP contribution in [0.5, 0.6) is 11.5 Å². The molecule has 0 bridgehead atoms. The highest BCUT2D eigenvalue weighted by atomic mass is 35.6. The monoisotopic (exact) mass is 494 g/mol. The van der Waals surface area contributed by atoms with E-state index in [1.807, 2.05) is 5.32 Å². The van der Waals surface area contributed by atoms with Gasteiger partial charge >= 0.3 is 12.0 Å². The first-order valence-electron chi connectivity index (χ1n) is 8.32. The molecule has 1 heterocycles. The van der Waals surface area contributed by atoms with Gasteiger partial charge in [-0.3, -0.25) is 15.4 Å². The number of ether oxygens (including phenoxy) is 3. The van der Waals surface area contributed by atoms with Crippen molar-refractivity contribution in [3.05, 3.63) is 29.1 Å². The topological polar surface area (TPSA) is 103 Å². The lowest BCUT2D eigenvalue weighted by Crippen LogP contribution is -2.41. The molecule has 0 aliphatic heterocycles. The fraction of sp³-hybridized carbons (Fsp3) is 0.278. The molecule has 1 aromatic heterocycles. The standard InChI is InChI=1S/C18H17Cl3N2O6S/c1-4-29-15(24)13-10(9-5-6-11(27-2)12(7-9)28-3)8-30-14(13)22-17(26)23-16(25)18(19,20)21/h5-8H,4H2,1-3H3,(H2,22,23,25,26). The molecule has 0 radical (unpaired) electrons. The van der Waals surface area contributed by atoms with Crippen LogP contribution in [0.4, 0.5) is 9.80 Å². The number of alkyl halides is 3. The van der Waals surface area contributed by atoms with Crippen molar-refractivity contribution < 1.29 is 28.6 Å². The molecule has 30 heavy (non-hydrogen) atoms. The number of rotatable bonds is 6. The summed E-state index contributed by atoms with van der Waals surface area (Å²) in [6.45, 7) is 1.78. The van der Waals surface area contributed by atoms with E-state index in [2.05, 4.69) is 5.32 Å². The fourth-order valence-corrected chi connectivity index (χ4v) is 3.47. The van der Waals surface area contributed by atoms with Gasteiger partial charge in [-0.05, 0) is 24.6 Å². The molecule has 0 spiro atoms. The van der Waals surface area contributed by atoms with Crippen molar-refractivity contribution in [2.24, 2.45) is 0 Å². The van der Waals surface area contributed by atoms with Crippen LogP contribution in [-0.2, 0) is 9.53 Å². The van der Waals surface area contributed by atoms with Gasteiger partial charge in [0.25, 0.3) is 9.70 Å². The van der Waals surface area contributed by atoms with Gasteiger partial charge in [0.1, 0.15) is 10.6 Å². The highest BCUT2D eigenvalue weighted by Gasteiger charge is 2.32. The first-order valence-corrected chi connectivity index (χ1v) is 10.3. The van der Waals surface area contributed by atoms with Gasteiger partial charge in [-0.2, -0.15) is 0 Å². The molecular formula is C18H17Cl3N2O6S. The third-order valence-electron chi connectivity index (χ3n) is 3.68. The van der Waals surface area contributed by atoms with Crippen LogP contribution in [0.25, 0.3) is 11.1 Å². The zero-order valence-corrected chi connectivity index (χ0v) is 19.1. The van der Waals surface area contributed by atoms with Crippen molar-refractivity contribution in [3.63, 3.8) is 0 Å². The number of urea groups is 1. The lowest BCUT2D eigenvalue weighted by molar-refractivity contribution is -0.119. The number of halogens is 3. The summed E-state index contributed by atoms with van der Waals surface area (Å²) in [6.07, 6.45) is 0. The van der Waals surface area contributed by atoms with Crippen LogP contribution in [-0.4, -0.2) is 42.5 Å². The van der Waals surface area contributed by atoms with Crippen LogP contribution in [0.2, 0.25) is 0 Å². The Morgan fingerprint density at radius 2 is 1.77 bits per heavy atom. The lowest BCUT2D eigenvalue weighted by Gasteiger charge is -2.12. The molecule has 0 saturated heterocycles. The van der Waals surface area contributed by atoms with Crippen LogP contribution < -0.4 is 20.1 Å². The van der Waals surface area contributed by atoms with E-state index >= 15 is 0 Å². The quantitative estimate of drug-likeness (QED) is 0.447. The molecule has 2 rings (SSSR count). The van der Waals surface area contributed by atoms with Crippen molar-refractivity contribution in [2.45, 2.75) is 10.7 Å². The Labute approximate surface area is 191 Å². The van der Waals surface area contributed by atoms with E-state index < -0.39 is 21.7 Å². The summed E-state index contributed by atoms with van der Waals surface area (Å²) in [7, 11) is 2.99. The zero-order chi connectivity index (χ0) is 22.5. The minimum Gasteiger partial charge on any atom is -0.493 e. The Hall–Kier alpha value is -2.20. The van der Waals surface area contributed by atoms with Crippen molar-refractivity contribution in [2.75, 3.05) is 26.1 Å². The van der Waals surface area contributed by atoms with Gasteiger partial charge in [0.2, 0.25) is 0 Å². The van der Waals surface area contributed by atoms with E-state index in [1.165, 1.54) is 14.2 Å². The molecule has 12 heteroatoms. The van der Waals surface area contributed by atoms with E-state index in [-0.39, 0.29) is 17.2 Å². The molecule has 0 fully saturated rings. The summed E-state index contributed by atoms with van der Waals surface area (Å²) in [4.78, 5) is 36.4. The van der Waals surface area contributed by atoms with E-state index in [4.69, 9.17) is 49.0 Å². The molecular weight excluding hydrogens is 479 g/mol. The molecule has 2 N–H and O–H groups in total. The number of methoxy groups -OCH3 is 2. The summed E-state index contributed by atoms with van der Waals surface area (Å²) in [5, 5.41) is 6.09. The van der Waals surface area contributed by atoms with Gasteiger partial charge in [-0.25, -0.2) is 9.59 Å². The second-order valence-electron chi connectivity index (χ2n) is 5.55. The van der Waals surface area contributed by atoms with Gasteiger partial charge in [0, 0.05) is 10.9 Å². The number of nitrogens with one attached hydrogen (secondary N) is 2. The van der Waals surface area contributed by atoms with Crippen molar-refractivity contribution in [1.29, 1.82) is 0 Å². The number of thiophene rings is 1. The fourth-order valence-electron chi connectivity index (χ4n) is 2.38. The first-order chi connectivity index (χ1) is 14.1. The Morgan fingerprint density at radius 3 is 2.33 bits per heavy atom. The third kappa shape index (κ3) is 5.69. The third-order valence-corrected chi connectivity index (χ3v) is 5.09. The number of amides is 3. The maximum atomic E-state index is 12.6. The van der Waals surface area contributed by atoms with Crippen LogP contribution in [0, 0.1) is 0 Å². The highest BCUT2D eigenvalue weighted by molar-refractivity contribution is 7.15. The number of esters is 1. The maximum Gasteiger partial charge on any atom is 0.341 e. The van der Waals surface area contributed by atoms with Crippen LogP contribution in [0.15, 0.2) is 23.6 Å². The normalized spacial score (nSPS) is 10.9. The largest absolute Gasteiger partial charge is 0.493 e. The zero-order valence-electron chi connectivity index (χ0n) is 16.0. The SMILES string of the molecule is CCOC(=O)c1c(-c2ccc(OC)c(OC)c2)csc1NC(=O)NC(=O)C(Cl)(Cl)Cl. The molecule has 8 nitrogen and oxygen atoms in total. The summed E-state index contributed by atoms with van der Waals surface area (Å²) in [5.74, 6) is -0.834. The predicted molar refractivity (Wildman–Crippen MR) is 116 cm³/mol. The Bertz CT molecular complexity index is 958. The molecule has 0 aliphatic carbocycles. The number of carbonyl (C=O) groups excluding carboxylic acids is 3. The van der Waals surface area contributed by atoms with Gasteiger partial charge in [0.05, 0.1) is 20.8 Å². The van der Waals surface area contributed by atoms with Crippen LogP contribution in [0.3, 0.4) is 0 Å². The molecule has 2 aromatic rings. The van der Waals surface area contributed by atoms with Crippen LogP contribution in [0.1, 0.15) is 17.3 Å². The number of hydrogen-bond donors (Lipinski definition) is 2. The number of anilines is 1. The molecule has 3 amide bonds. The van der Waals surface area contributed by atoms with Gasteiger partial charge < -0.3 is 14.2 Å². The number of benzene rings is 1. The number of carbonyl (C=O) groups is 3. The Kier molecular flexibility index (Phi) is 8.19. The summed E-state index contributed by atoms with van der Waals surface area (Å²) in [6, 6.07) is 4.11. The van der Waals surface area contributed by atoms with Gasteiger partial charge in [-0.1, -0.05) is 40.9 Å². The number of imide groups is 1. The summed E-state index contributed by atoms with van der Waals surface area (Å²) >= 11 is 17.4. The Morgan fingerprint density at radius 1 is 1.10 bits per heavy atom. The second kappa shape index (κ2) is 10.2. The molecule has 0 unspecified atom stereocenters. The first kappa shape index (κ1) is 24.1. The lowest BCUT2D eigenvalue weighted by atomic mass is 10.0. The molecule has 0 aliphatic rings. The minimum absolute atomic E-state index is 0.102. The molecule has 0 saturated carbocycles. The van der Waals surface area contributed by atoms with Gasteiger partial charge in [0.15, 0.2) is 11.5 Å². The van der Waals surface area contributed by atoms with E-state index in [0.717, 1.165) is 11.3 Å². The van der Waals surface area contributed by atoms with Crippen LogP contribution >= 0.6 is 46.1 Å². The minimum atomic E-state index is -2.32. The Balaban J connectivity index is 2.42. The molecule has 162 valence electrons.